The van der Waals surface area contributed by atoms with Crippen molar-refractivity contribution in [3.8, 4) is 0 Å². The van der Waals surface area contributed by atoms with Crippen LogP contribution in [0.5, 0.6) is 0 Å². The summed E-state index contributed by atoms with van der Waals surface area (Å²) in [6.45, 7) is 2.08. The van der Waals surface area contributed by atoms with E-state index in [1.165, 1.54) is 10.4 Å². The second-order valence-electron chi connectivity index (χ2n) is 3.53. The van der Waals surface area contributed by atoms with E-state index in [4.69, 9.17) is 5.84 Å². The number of aryl methyl sites for hydroxylation is 1. The van der Waals surface area contributed by atoms with Crippen LogP contribution in [0, 0.1) is 6.92 Å². The van der Waals surface area contributed by atoms with E-state index >= 15 is 0 Å². The van der Waals surface area contributed by atoms with Crippen molar-refractivity contribution in [1.29, 1.82) is 0 Å². The lowest BCUT2D eigenvalue weighted by Gasteiger charge is -2.14. The van der Waals surface area contributed by atoms with Crippen molar-refractivity contribution >= 4 is 27.3 Å². The van der Waals surface area contributed by atoms with Crippen LogP contribution in [0.3, 0.4) is 0 Å². The summed E-state index contributed by atoms with van der Waals surface area (Å²) >= 11 is 5.13. The molecule has 1 unspecified atom stereocenters. The van der Waals surface area contributed by atoms with Gasteiger partial charge in [0.2, 0.25) is 0 Å². The van der Waals surface area contributed by atoms with Gasteiger partial charge in [0.15, 0.2) is 0 Å². The molecule has 3 nitrogen and oxygen atoms in total. The summed E-state index contributed by atoms with van der Waals surface area (Å²) in [4.78, 5) is 5.42. The first-order valence-corrected chi connectivity index (χ1v) is 6.49. The first-order valence-electron chi connectivity index (χ1n) is 4.82. The molecule has 0 aliphatic carbocycles. The molecule has 1 atom stereocenters. The van der Waals surface area contributed by atoms with E-state index in [0.29, 0.717) is 0 Å². The second-order valence-corrected chi connectivity index (χ2v) is 5.56. The first-order chi connectivity index (χ1) is 7.70. The summed E-state index contributed by atoms with van der Waals surface area (Å²) in [5.74, 6) is 5.61. The van der Waals surface area contributed by atoms with Gasteiger partial charge in [-0.25, -0.2) is 5.43 Å². The van der Waals surface area contributed by atoms with Crippen molar-refractivity contribution in [2.24, 2.45) is 5.84 Å². The summed E-state index contributed by atoms with van der Waals surface area (Å²) in [5.41, 5.74) is 5.04. The lowest BCUT2D eigenvalue weighted by Crippen LogP contribution is -2.28. The van der Waals surface area contributed by atoms with Crippen LogP contribution in [0.25, 0.3) is 0 Å². The molecule has 5 heteroatoms. The van der Waals surface area contributed by atoms with E-state index in [1.54, 1.807) is 17.5 Å². The average Bonchev–Trinajstić information content (AvgIpc) is 2.66. The van der Waals surface area contributed by atoms with Crippen molar-refractivity contribution in [1.82, 2.24) is 10.4 Å². The molecule has 0 spiro atoms. The molecule has 0 aliphatic heterocycles. The lowest BCUT2D eigenvalue weighted by atomic mass is 10.0. The van der Waals surface area contributed by atoms with Gasteiger partial charge in [-0.05, 0) is 51.5 Å². The SMILES string of the molecule is Cc1cc(C(NN)c2cncc(Br)c2)cs1. The molecule has 0 saturated heterocycles. The summed E-state index contributed by atoms with van der Waals surface area (Å²) in [5, 5.41) is 2.11. The van der Waals surface area contributed by atoms with E-state index in [1.807, 2.05) is 12.3 Å². The fourth-order valence-electron chi connectivity index (χ4n) is 1.59. The van der Waals surface area contributed by atoms with Crippen LogP contribution in [0.1, 0.15) is 22.0 Å². The third-order valence-corrected chi connectivity index (χ3v) is 3.62. The molecular weight excluding hydrogens is 286 g/mol. The highest BCUT2D eigenvalue weighted by atomic mass is 79.9. The molecule has 0 saturated carbocycles. The summed E-state index contributed by atoms with van der Waals surface area (Å²) < 4.78 is 0.956. The molecule has 0 bridgehead atoms. The van der Waals surface area contributed by atoms with Crippen LogP contribution >= 0.6 is 27.3 Å². The molecule has 2 aromatic rings. The highest BCUT2D eigenvalue weighted by molar-refractivity contribution is 9.10. The standard InChI is InChI=1S/C11H12BrN3S/c1-7-2-9(6-16-7)11(15-13)8-3-10(12)5-14-4-8/h2-6,11,15H,13H2,1H3. The Balaban J connectivity index is 2.36. The molecule has 16 heavy (non-hydrogen) atoms. The number of aromatic nitrogens is 1. The van der Waals surface area contributed by atoms with Gasteiger partial charge >= 0.3 is 0 Å². The van der Waals surface area contributed by atoms with Gasteiger partial charge in [-0.1, -0.05) is 0 Å². The molecule has 0 fully saturated rings. The molecular formula is C11H12BrN3S. The van der Waals surface area contributed by atoms with Gasteiger partial charge in [0.05, 0.1) is 6.04 Å². The summed E-state index contributed by atoms with van der Waals surface area (Å²) in [6.07, 6.45) is 3.58. The zero-order valence-corrected chi connectivity index (χ0v) is 11.2. The summed E-state index contributed by atoms with van der Waals surface area (Å²) in [7, 11) is 0. The van der Waals surface area contributed by atoms with Crippen LogP contribution < -0.4 is 11.3 Å². The Morgan fingerprint density at radius 1 is 1.38 bits per heavy atom. The van der Waals surface area contributed by atoms with E-state index in [9.17, 15) is 0 Å². The van der Waals surface area contributed by atoms with Crippen LogP contribution in [0.15, 0.2) is 34.4 Å². The lowest BCUT2D eigenvalue weighted by molar-refractivity contribution is 0.636. The highest BCUT2D eigenvalue weighted by Gasteiger charge is 2.14. The van der Waals surface area contributed by atoms with E-state index in [2.05, 4.69) is 44.7 Å². The third kappa shape index (κ3) is 2.49. The Morgan fingerprint density at radius 2 is 2.19 bits per heavy atom. The molecule has 2 aromatic heterocycles. The quantitative estimate of drug-likeness (QED) is 0.677. The van der Waals surface area contributed by atoms with E-state index in [0.717, 1.165) is 10.0 Å². The molecule has 2 rings (SSSR count). The molecule has 0 aliphatic rings. The number of nitrogens with one attached hydrogen (secondary N) is 1. The minimum Gasteiger partial charge on any atom is -0.271 e. The number of halogens is 1. The van der Waals surface area contributed by atoms with Crippen LogP contribution in [0.4, 0.5) is 0 Å². The van der Waals surface area contributed by atoms with Crippen molar-refractivity contribution < 1.29 is 0 Å². The topological polar surface area (TPSA) is 50.9 Å². The fourth-order valence-corrected chi connectivity index (χ4v) is 2.70. The molecule has 3 N–H and O–H groups in total. The number of pyridine rings is 1. The van der Waals surface area contributed by atoms with Gasteiger partial charge in [-0.3, -0.25) is 10.8 Å². The Morgan fingerprint density at radius 3 is 2.75 bits per heavy atom. The predicted molar refractivity (Wildman–Crippen MR) is 70.2 cm³/mol. The van der Waals surface area contributed by atoms with Gasteiger partial charge in [-0.2, -0.15) is 0 Å². The van der Waals surface area contributed by atoms with Gasteiger partial charge in [0.25, 0.3) is 0 Å². The van der Waals surface area contributed by atoms with Crippen molar-refractivity contribution in [3.05, 3.63) is 50.4 Å². The number of nitrogens with two attached hydrogens (primary N) is 1. The van der Waals surface area contributed by atoms with Crippen molar-refractivity contribution in [3.63, 3.8) is 0 Å². The zero-order valence-electron chi connectivity index (χ0n) is 8.77. The Hall–Kier alpha value is -0.750. The predicted octanol–water partition coefficient (Wildman–Crippen LogP) is 2.77. The number of nitrogens with zero attached hydrogens (tertiary/aromatic N) is 1. The van der Waals surface area contributed by atoms with Crippen LogP contribution in [-0.4, -0.2) is 4.98 Å². The monoisotopic (exact) mass is 297 g/mol. The normalized spacial score (nSPS) is 12.7. The minimum absolute atomic E-state index is 0.00468. The largest absolute Gasteiger partial charge is 0.271 e. The maximum absolute atomic E-state index is 5.61. The molecule has 0 amide bonds. The van der Waals surface area contributed by atoms with Gasteiger partial charge in [-0.15, -0.1) is 11.3 Å². The average molecular weight is 298 g/mol. The number of hydrogen-bond donors (Lipinski definition) is 2. The Bertz CT molecular complexity index is 484. The van der Waals surface area contributed by atoms with Crippen LogP contribution in [-0.2, 0) is 0 Å². The number of hydrogen-bond acceptors (Lipinski definition) is 4. The number of rotatable bonds is 3. The van der Waals surface area contributed by atoms with Gasteiger partial charge in [0.1, 0.15) is 0 Å². The van der Waals surface area contributed by atoms with E-state index < -0.39 is 0 Å². The van der Waals surface area contributed by atoms with Gasteiger partial charge < -0.3 is 0 Å². The first kappa shape index (κ1) is 11.7. The molecule has 0 radical (unpaired) electrons. The maximum Gasteiger partial charge on any atom is 0.0733 e. The van der Waals surface area contributed by atoms with E-state index in [-0.39, 0.29) is 6.04 Å². The Labute approximate surface area is 107 Å². The fraction of sp³-hybridized carbons (Fsp3) is 0.182. The molecule has 0 aromatic carbocycles. The van der Waals surface area contributed by atoms with Gasteiger partial charge in [0, 0.05) is 21.7 Å². The maximum atomic E-state index is 5.61. The Kier molecular flexibility index (Phi) is 3.70. The minimum atomic E-state index is -0.00468. The summed E-state index contributed by atoms with van der Waals surface area (Å²) in [6, 6.07) is 4.15. The van der Waals surface area contributed by atoms with Crippen LogP contribution in [0.2, 0.25) is 0 Å². The second kappa shape index (κ2) is 5.05. The smallest absolute Gasteiger partial charge is 0.0733 e. The third-order valence-electron chi connectivity index (χ3n) is 2.31. The molecule has 2 heterocycles. The number of thiophene rings is 1. The van der Waals surface area contributed by atoms with Crippen molar-refractivity contribution in [2.45, 2.75) is 13.0 Å². The molecule has 84 valence electrons. The zero-order chi connectivity index (χ0) is 11.5. The van der Waals surface area contributed by atoms with Crippen molar-refractivity contribution in [2.75, 3.05) is 0 Å². The highest BCUT2D eigenvalue weighted by Crippen LogP contribution is 2.26. The number of hydrazine groups is 1.